The molecule has 1 aliphatic heterocycles. The lowest BCUT2D eigenvalue weighted by Gasteiger charge is -2.36. The van der Waals surface area contributed by atoms with Gasteiger partial charge in [-0.15, -0.1) is 0 Å². The predicted molar refractivity (Wildman–Crippen MR) is 200 cm³/mol. The second-order valence-corrected chi connectivity index (χ2v) is 20.6. The summed E-state index contributed by atoms with van der Waals surface area (Å²) in [5.74, 6) is -1.11. The SMILES string of the molecule is C=Cc1ccnc(COC(=O)C2CCCN(C(=O)C(Cc3cccc(O[Si](C)(C)C(C)(C)C)c3)NC(=O)C(NC(=O)OC(C)(C)C)C(C)C)N2)c1. The first-order valence-corrected chi connectivity index (χ1v) is 20.5. The van der Waals surface area contributed by atoms with Gasteiger partial charge < -0.3 is 24.5 Å². The number of nitrogens with one attached hydrogen (secondary N) is 3. The maximum atomic E-state index is 14.2. The van der Waals surface area contributed by atoms with Gasteiger partial charge in [0.1, 0.15) is 36.1 Å². The normalized spacial score (nSPS) is 16.5. The van der Waals surface area contributed by atoms with Crippen molar-refractivity contribution in [1.82, 2.24) is 26.1 Å². The summed E-state index contributed by atoms with van der Waals surface area (Å²) in [7, 11) is -2.16. The molecule has 12 nitrogen and oxygen atoms in total. The van der Waals surface area contributed by atoms with Crippen molar-refractivity contribution in [3.63, 3.8) is 0 Å². The highest BCUT2D eigenvalue weighted by atomic mass is 28.4. The Morgan fingerprint density at radius 3 is 2.41 bits per heavy atom. The molecule has 1 aromatic heterocycles. The second-order valence-electron chi connectivity index (χ2n) is 15.8. The van der Waals surface area contributed by atoms with Crippen molar-refractivity contribution in [3.8, 4) is 5.75 Å². The van der Waals surface area contributed by atoms with Crippen LogP contribution < -0.4 is 20.5 Å². The molecule has 51 heavy (non-hydrogen) atoms. The molecule has 2 heterocycles. The standard InChI is InChI=1S/C38H57N5O7Si/c1-12-26-18-19-39-28(21-26)24-48-35(46)30-17-14-20-43(42-30)34(45)31(40-33(44)32(25(2)3)41-36(47)49-37(4,5)6)23-27-15-13-16-29(22-27)50-51(10,11)38(7,8)9/h12-13,15-16,18-19,21-22,25,30-32,42H,1,14,17,20,23-24H2,2-11H3,(H,40,44)(H,41,47). The second kappa shape index (κ2) is 17.3. The number of aromatic nitrogens is 1. The molecular formula is C38H57N5O7Si. The summed E-state index contributed by atoms with van der Waals surface area (Å²) in [4.78, 5) is 58.1. The van der Waals surface area contributed by atoms with E-state index in [1.165, 1.54) is 5.01 Å². The van der Waals surface area contributed by atoms with Crippen LogP contribution in [0.2, 0.25) is 18.1 Å². The number of ether oxygens (including phenoxy) is 2. The van der Waals surface area contributed by atoms with Crippen molar-refractivity contribution >= 4 is 38.3 Å². The fourth-order valence-corrected chi connectivity index (χ4v) is 6.12. The number of esters is 1. The van der Waals surface area contributed by atoms with E-state index >= 15 is 0 Å². The fourth-order valence-electron chi connectivity index (χ4n) is 5.10. The molecule has 13 heteroatoms. The van der Waals surface area contributed by atoms with Crippen molar-refractivity contribution in [3.05, 3.63) is 66.0 Å². The Morgan fingerprint density at radius 1 is 1.08 bits per heavy atom. The van der Waals surface area contributed by atoms with Gasteiger partial charge in [-0.05, 0) is 93.1 Å². The number of carbonyl (C=O) groups excluding carboxylic acids is 4. The number of rotatable bonds is 13. The zero-order valence-corrected chi connectivity index (χ0v) is 32.9. The summed E-state index contributed by atoms with van der Waals surface area (Å²) in [6.45, 7) is 23.7. The number of hydrogen-bond donors (Lipinski definition) is 3. The first kappa shape index (κ1) is 41.2. The van der Waals surface area contributed by atoms with E-state index in [1.807, 2.05) is 24.3 Å². The van der Waals surface area contributed by atoms with Gasteiger partial charge in [0.05, 0.1) is 5.69 Å². The number of nitrogens with zero attached hydrogens (tertiary/aromatic N) is 2. The molecule has 2 aromatic rings. The van der Waals surface area contributed by atoms with Crippen LogP contribution in [0.1, 0.15) is 85.1 Å². The van der Waals surface area contributed by atoms with E-state index in [-0.39, 0.29) is 24.0 Å². The zero-order valence-electron chi connectivity index (χ0n) is 31.9. The van der Waals surface area contributed by atoms with E-state index in [0.717, 1.165) is 11.1 Å². The van der Waals surface area contributed by atoms with Crippen LogP contribution in [-0.2, 0) is 36.9 Å². The maximum Gasteiger partial charge on any atom is 0.408 e. The van der Waals surface area contributed by atoms with Crippen LogP contribution >= 0.6 is 0 Å². The van der Waals surface area contributed by atoms with Crippen LogP contribution in [0.25, 0.3) is 6.08 Å². The molecule has 0 aliphatic carbocycles. The molecule has 1 aliphatic rings. The first-order chi connectivity index (χ1) is 23.7. The van der Waals surface area contributed by atoms with Crippen LogP contribution in [0.4, 0.5) is 4.79 Å². The van der Waals surface area contributed by atoms with E-state index in [1.54, 1.807) is 59.0 Å². The van der Waals surface area contributed by atoms with E-state index in [4.69, 9.17) is 13.9 Å². The Bertz CT molecular complexity index is 1550. The first-order valence-electron chi connectivity index (χ1n) is 17.6. The minimum atomic E-state index is -2.16. The van der Waals surface area contributed by atoms with Crippen molar-refractivity contribution in [1.29, 1.82) is 0 Å². The van der Waals surface area contributed by atoms with Crippen molar-refractivity contribution < 1.29 is 33.1 Å². The van der Waals surface area contributed by atoms with Gasteiger partial charge in [-0.25, -0.2) is 10.2 Å². The third kappa shape index (κ3) is 12.5. The molecule has 3 unspecified atom stereocenters. The third-order valence-electron chi connectivity index (χ3n) is 8.93. The molecule has 3 N–H and O–H groups in total. The van der Waals surface area contributed by atoms with Gasteiger partial charge in [0.25, 0.3) is 5.91 Å². The highest BCUT2D eigenvalue weighted by Gasteiger charge is 2.39. The Labute approximate surface area is 304 Å². The molecule has 1 fully saturated rings. The number of hydrazine groups is 1. The number of alkyl carbamates (subject to hydrolysis) is 1. The predicted octanol–water partition coefficient (Wildman–Crippen LogP) is 5.92. The van der Waals surface area contributed by atoms with E-state index in [9.17, 15) is 19.2 Å². The Balaban J connectivity index is 1.84. The summed E-state index contributed by atoms with van der Waals surface area (Å²) < 4.78 is 17.5. The topological polar surface area (TPSA) is 148 Å². The monoisotopic (exact) mass is 723 g/mol. The van der Waals surface area contributed by atoms with Gasteiger partial charge in [0.15, 0.2) is 0 Å². The lowest BCUT2D eigenvalue weighted by atomic mass is 10.0. The smallest absolute Gasteiger partial charge is 0.408 e. The summed E-state index contributed by atoms with van der Waals surface area (Å²) in [6, 6.07) is 8.32. The lowest BCUT2D eigenvalue weighted by Crippen LogP contribution is -2.62. The van der Waals surface area contributed by atoms with Crippen molar-refractivity contribution in [2.24, 2.45) is 5.92 Å². The van der Waals surface area contributed by atoms with Crippen LogP contribution in [0.5, 0.6) is 5.75 Å². The minimum absolute atomic E-state index is 0.0216. The average Bonchev–Trinajstić information content (AvgIpc) is 3.04. The Kier molecular flexibility index (Phi) is 14.0. The molecule has 3 atom stereocenters. The van der Waals surface area contributed by atoms with Gasteiger partial charge in [0.2, 0.25) is 14.2 Å². The lowest BCUT2D eigenvalue weighted by molar-refractivity contribution is -0.154. The largest absolute Gasteiger partial charge is 0.543 e. The van der Waals surface area contributed by atoms with E-state index in [0.29, 0.717) is 30.8 Å². The minimum Gasteiger partial charge on any atom is -0.543 e. The van der Waals surface area contributed by atoms with Gasteiger partial charge in [0, 0.05) is 19.2 Å². The summed E-state index contributed by atoms with van der Waals surface area (Å²) >= 11 is 0. The molecule has 3 amide bonds. The van der Waals surface area contributed by atoms with E-state index < -0.39 is 55.9 Å². The van der Waals surface area contributed by atoms with Crippen LogP contribution in [0.15, 0.2) is 49.2 Å². The molecule has 3 rings (SSSR count). The molecule has 0 saturated carbocycles. The molecule has 280 valence electrons. The highest BCUT2D eigenvalue weighted by molar-refractivity contribution is 6.74. The molecule has 1 saturated heterocycles. The molecule has 0 bridgehead atoms. The summed E-state index contributed by atoms with van der Waals surface area (Å²) in [6.07, 6.45) is 3.70. The van der Waals surface area contributed by atoms with Crippen molar-refractivity contribution in [2.75, 3.05) is 6.54 Å². The zero-order chi connectivity index (χ0) is 38.1. The number of pyridine rings is 1. The maximum absolute atomic E-state index is 14.2. The third-order valence-corrected chi connectivity index (χ3v) is 13.3. The van der Waals surface area contributed by atoms with Crippen LogP contribution in [0.3, 0.4) is 0 Å². The molecule has 0 radical (unpaired) electrons. The Morgan fingerprint density at radius 2 is 1.78 bits per heavy atom. The molecule has 0 spiro atoms. The number of benzene rings is 1. The fraction of sp³-hybridized carbons (Fsp3) is 0.553. The van der Waals surface area contributed by atoms with Crippen LogP contribution in [-0.4, -0.2) is 72.5 Å². The van der Waals surface area contributed by atoms with Gasteiger partial charge in [-0.1, -0.05) is 59.4 Å². The van der Waals surface area contributed by atoms with Crippen LogP contribution in [0, 0.1) is 5.92 Å². The molecular weight excluding hydrogens is 667 g/mol. The summed E-state index contributed by atoms with van der Waals surface area (Å²) in [5.41, 5.74) is 4.47. The van der Waals surface area contributed by atoms with Gasteiger partial charge >= 0.3 is 12.1 Å². The number of amides is 3. The van der Waals surface area contributed by atoms with Gasteiger partial charge in [-0.3, -0.25) is 24.4 Å². The number of carbonyl (C=O) groups is 4. The molecule has 1 aromatic carbocycles. The van der Waals surface area contributed by atoms with Crippen molar-refractivity contribution in [2.45, 2.75) is 123 Å². The Hall–Kier alpha value is -4.23. The highest BCUT2D eigenvalue weighted by Crippen LogP contribution is 2.37. The van der Waals surface area contributed by atoms with E-state index in [2.05, 4.69) is 61.5 Å². The average molecular weight is 724 g/mol. The van der Waals surface area contributed by atoms with Gasteiger partial charge in [-0.2, -0.15) is 0 Å². The summed E-state index contributed by atoms with van der Waals surface area (Å²) in [5, 5.41) is 6.92. The number of hydrogen-bond acceptors (Lipinski definition) is 9. The quantitative estimate of drug-likeness (QED) is 0.169.